The predicted molar refractivity (Wildman–Crippen MR) is 300 cm³/mol. The van der Waals surface area contributed by atoms with Crippen LogP contribution < -0.4 is 0 Å². The van der Waals surface area contributed by atoms with Crippen LogP contribution in [0.3, 0.4) is 0 Å². The number of hydrogen-bond donors (Lipinski definition) is 0. The Morgan fingerprint density at radius 1 is 0.268 bits per heavy atom. The lowest BCUT2D eigenvalue weighted by Gasteiger charge is -2.33. The average Bonchev–Trinajstić information content (AvgIpc) is 4.11. The number of nitrogens with zero attached hydrogens (tertiary/aromatic N) is 2. The standard InChI is InChI=1S/C69H44N2/c1-70-62-31-13-8-21-49(62)51-35-33-42(38-64(51)70)44-24-15-26-53-56(44)40-57-45(43-34-36-52-50-22-9-14-32-63(50)71(2)65(52)39-43)25-16-27-54(57)66(53)58-37-41-17-3-4-18-46(41)67-55-23-7-12-30-61(55)69(68(58)67)59-28-10-5-19-47(59)48-20-6-11-29-60(48)69/h3-40H,1-2H3. The smallest absolute Gasteiger partial charge is 0.0731 e. The lowest BCUT2D eigenvalue weighted by atomic mass is 9.68. The van der Waals surface area contributed by atoms with E-state index in [-0.39, 0.29) is 0 Å². The number of rotatable bonds is 3. The molecule has 2 heteroatoms. The third kappa shape index (κ3) is 4.96. The van der Waals surface area contributed by atoms with E-state index in [0.29, 0.717) is 0 Å². The average molecular weight is 901 g/mol. The van der Waals surface area contributed by atoms with E-state index in [0.717, 1.165) is 0 Å². The molecule has 0 N–H and O–H groups in total. The zero-order valence-corrected chi connectivity index (χ0v) is 39.3. The van der Waals surface area contributed by atoms with Crippen molar-refractivity contribution in [3.05, 3.63) is 253 Å². The van der Waals surface area contributed by atoms with Crippen LogP contribution in [0, 0.1) is 0 Å². The van der Waals surface area contributed by atoms with Crippen LogP contribution in [-0.4, -0.2) is 9.13 Å². The van der Waals surface area contributed by atoms with Crippen LogP contribution in [0.2, 0.25) is 0 Å². The van der Waals surface area contributed by atoms with E-state index < -0.39 is 5.41 Å². The second-order valence-corrected chi connectivity index (χ2v) is 20.0. The van der Waals surface area contributed by atoms with E-state index in [9.17, 15) is 0 Å². The van der Waals surface area contributed by atoms with E-state index in [2.05, 4.69) is 254 Å². The Kier molecular flexibility index (Phi) is 7.71. The number of fused-ring (bicyclic) bond motifs is 20. The normalized spacial score (nSPS) is 13.3. The summed E-state index contributed by atoms with van der Waals surface area (Å²) in [6.45, 7) is 0. The van der Waals surface area contributed by atoms with Crippen molar-refractivity contribution >= 4 is 75.9 Å². The summed E-state index contributed by atoms with van der Waals surface area (Å²) in [5.41, 5.74) is 22.5. The lowest BCUT2D eigenvalue weighted by molar-refractivity contribution is 0.796. The van der Waals surface area contributed by atoms with Gasteiger partial charge in [0.25, 0.3) is 0 Å². The maximum absolute atomic E-state index is 2.54. The molecule has 2 aliphatic carbocycles. The predicted octanol–water partition coefficient (Wildman–Crippen LogP) is 17.8. The Bertz CT molecular complexity index is 4450. The molecule has 14 aromatic rings. The Balaban J connectivity index is 1.08. The fourth-order valence-electron chi connectivity index (χ4n) is 13.8. The van der Waals surface area contributed by atoms with Gasteiger partial charge in [-0.3, -0.25) is 0 Å². The molecule has 0 bridgehead atoms. The number of aromatic nitrogens is 2. The third-order valence-corrected chi connectivity index (χ3v) is 16.7. The van der Waals surface area contributed by atoms with Gasteiger partial charge in [-0.05, 0) is 147 Å². The Morgan fingerprint density at radius 2 is 0.690 bits per heavy atom. The third-order valence-electron chi connectivity index (χ3n) is 16.7. The molecule has 0 radical (unpaired) electrons. The summed E-state index contributed by atoms with van der Waals surface area (Å²) in [4.78, 5) is 0. The van der Waals surface area contributed by atoms with Crippen LogP contribution in [0.4, 0.5) is 0 Å². The molecule has 0 amide bonds. The first-order chi connectivity index (χ1) is 35.1. The van der Waals surface area contributed by atoms with Crippen LogP contribution >= 0.6 is 0 Å². The summed E-state index contributed by atoms with van der Waals surface area (Å²) in [5.74, 6) is 0. The van der Waals surface area contributed by atoms with Crippen LogP contribution in [0.1, 0.15) is 22.3 Å². The van der Waals surface area contributed by atoms with Crippen molar-refractivity contribution in [2.75, 3.05) is 0 Å². The molecule has 2 aliphatic rings. The van der Waals surface area contributed by atoms with Crippen LogP contribution in [0.25, 0.3) is 132 Å². The topological polar surface area (TPSA) is 9.86 Å². The highest BCUT2D eigenvalue weighted by atomic mass is 14.9. The van der Waals surface area contributed by atoms with Gasteiger partial charge in [-0.1, -0.05) is 194 Å². The summed E-state index contributed by atoms with van der Waals surface area (Å²) < 4.78 is 4.71. The zero-order chi connectivity index (χ0) is 46.7. The fraction of sp³-hybridized carbons (Fsp3) is 0.0435. The van der Waals surface area contributed by atoms with Crippen molar-refractivity contribution in [1.29, 1.82) is 0 Å². The van der Waals surface area contributed by atoms with Gasteiger partial charge in [0.1, 0.15) is 0 Å². The molecule has 12 aromatic carbocycles. The molecule has 16 rings (SSSR count). The molecule has 0 atom stereocenters. The second-order valence-electron chi connectivity index (χ2n) is 20.0. The first-order valence-electron chi connectivity index (χ1n) is 24.9. The van der Waals surface area contributed by atoms with Crippen molar-refractivity contribution in [2.24, 2.45) is 14.1 Å². The monoisotopic (exact) mass is 900 g/mol. The number of aryl methyl sites for hydroxylation is 2. The minimum Gasteiger partial charge on any atom is -0.344 e. The summed E-state index contributed by atoms with van der Waals surface area (Å²) in [6.07, 6.45) is 0. The van der Waals surface area contributed by atoms with Crippen molar-refractivity contribution in [3.63, 3.8) is 0 Å². The van der Waals surface area contributed by atoms with Crippen LogP contribution in [0.15, 0.2) is 231 Å². The van der Waals surface area contributed by atoms with Crippen LogP contribution in [-0.2, 0) is 19.5 Å². The summed E-state index contributed by atoms with van der Waals surface area (Å²) in [7, 11) is 4.41. The van der Waals surface area contributed by atoms with Gasteiger partial charge in [0, 0.05) is 57.7 Å². The van der Waals surface area contributed by atoms with Crippen molar-refractivity contribution in [1.82, 2.24) is 9.13 Å². The molecule has 71 heavy (non-hydrogen) atoms. The number of hydrogen-bond acceptors (Lipinski definition) is 0. The van der Waals surface area contributed by atoms with E-state index >= 15 is 0 Å². The Morgan fingerprint density at radius 3 is 1.25 bits per heavy atom. The van der Waals surface area contributed by atoms with Crippen LogP contribution in [0.5, 0.6) is 0 Å². The van der Waals surface area contributed by atoms with E-state index in [1.54, 1.807) is 0 Å². The molecule has 0 aliphatic heterocycles. The molecule has 0 saturated heterocycles. The van der Waals surface area contributed by atoms with E-state index in [4.69, 9.17) is 0 Å². The minimum absolute atomic E-state index is 0.554. The summed E-state index contributed by atoms with van der Waals surface area (Å²) >= 11 is 0. The quantitative estimate of drug-likeness (QED) is 0.156. The molecule has 2 heterocycles. The molecule has 0 fully saturated rings. The van der Waals surface area contributed by atoms with Crippen molar-refractivity contribution < 1.29 is 0 Å². The van der Waals surface area contributed by atoms with Gasteiger partial charge >= 0.3 is 0 Å². The maximum Gasteiger partial charge on any atom is 0.0731 e. The molecule has 2 nitrogen and oxygen atoms in total. The highest BCUT2D eigenvalue weighted by molar-refractivity contribution is 6.23. The molecular formula is C69H44N2. The highest BCUT2D eigenvalue weighted by Crippen LogP contribution is 2.66. The van der Waals surface area contributed by atoms with E-state index in [1.165, 1.54) is 154 Å². The fourth-order valence-corrected chi connectivity index (χ4v) is 13.8. The SMILES string of the molecule is Cn1c2ccccc2c2ccc(-c3cccc4c(-c5cc6ccccc6c6c5C5(c7ccccc7-c7ccccc75)c5ccccc5-6)c5cccc(-c6ccc7c8ccccc8n(C)c7c6)c5cc34)cc21. The minimum atomic E-state index is -0.554. The second kappa shape index (κ2) is 14.1. The van der Waals surface area contributed by atoms with Crippen molar-refractivity contribution in [3.8, 4) is 55.6 Å². The number of para-hydroxylation sites is 2. The molecule has 2 aromatic heterocycles. The van der Waals surface area contributed by atoms with Crippen molar-refractivity contribution in [2.45, 2.75) is 5.41 Å². The van der Waals surface area contributed by atoms with Gasteiger partial charge in [0.15, 0.2) is 0 Å². The highest BCUT2D eigenvalue weighted by Gasteiger charge is 2.53. The van der Waals surface area contributed by atoms with Gasteiger partial charge < -0.3 is 9.13 Å². The molecule has 330 valence electrons. The van der Waals surface area contributed by atoms with Gasteiger partial charge in [-0.15, -0.1) is 0 Å². The van der Waals surface area contributed by atoms with E-state index in [1.807, 2.05) is 0 Å². The van der Waals surface area contributed by atoms with Gasteiger partial charge in [0.2, 0.25) is 0 Å². The maximum atomic E-state index is 2.54. The van der Waals surface area contributed by atoms with Gasteiger partial charge in [0.05, 0.1) is 5.41 Å². The Labute approximate surface area is 410 Å². The first-order valence-corrected chi connectivity index (χ1v) is 24.9. The largest absolute Gasteiger partial charge is 0.344 e. The molecular weight excluding hydrogens is 857 g/mol. The first kappa shape index (κ1) is 38.9. The van der Waals surface area contributed by atoms with Gasteiger partial charge in [-0.25, -0.2) is 0 Å². The Hall–Kier alpha value is -8.98. The molecule has 0 saturated carbocycles. The number of benzene rings is 12. The molecule has 0 unspecified atom stereocenters. The zero-order valence-electron chi connectivity index (χ0n) is 39.3. The lowest BCUT2D eigenvalue weighted by Crippen LogP contribution is -2.26. The summed E-state index contributed by atoms with van der Waals surface area (Å²) in [5, 5.41) is 12.6. The van der Waals surface area contributed by atoms with Gasteiger partial charge in [-0.2, -0.15) is 0 Å². The summed E-state index contributed by atoms with van der Waals surface area (Å²) in [6, 6.07) is 87.7. The molecule has 1 spiro atoms.